The highest BCUT2D eigenvalue weighted by Gasteiger charge is 2.10. The average molecular weight is 247 g/mol. The maximum Gasteiger partial charge on any atom is 0.303 e. The molecule has 0 aliphatic rings. The Hall–Kier alpha value is -1.97. The molecule has 4 nitrogen and oxygen atoms in total. The van der Waals surface area contributed by atoms with E-state index in [1.54, 1.807) is 7.11 Å². The first kappa shape index (κ1) is 12.5. The monoisotopic (exact) mass is 247 g/mol. The van der Waals surface area contributed by atoms with E-state index in [1.165, 1.54) is 0 Å². The Morgan fingerprint density at radius 2 is 2.17 bits per heavy atom. The van der Waals surface area contributed by atoms with Crippen LogP contribution in [0.3, 0.4) is 0 Å². The molecule has 1 heterocycles. The average Bonchev–Trinajstić information content (AvgIpc) is 2.71. The molecule has 0 bridgehead atoms. The number of aliphatic carboxylic acids is 1. The van der Waals surface area contributed by atoms with Crippen LogP contribution in [-0.2, 0) is 18.3 Å². The fourth-order valence-electron chi connectivity index (χ4n) is 2.26. The van der Waals surface area contributed by atoms with Crippen LogP contribution in [0.5, 0.6) is 5.75 Å². The van der Waals surface area contributed by atoms with Crippen molar-refractivity contribution in [1.82, 2.24) is 4.57 Å². The third kappa shape index (κ3) is 2.32. The molecule has 0 radical (unpaired) electrons. The molecule has 0 atom stereocenters. The van der Waals surface area contributed by atoms with Gasteiger partial charge < -0.3 is 14.4 Å². The number of aryl methyl sites for hydroxylation is 2. The molecule has 0 fully saturated rings. The third-order valence-corrected chi connectivity index (χ3v) is 3.17. The first-order chi connectivity index (χ1) is 8.63. The summed E-state index contributed by atoms with van der Waals surface area (Å²) in [5.74, 6) is 0.0771. The number of aromatic nitrogens is 1. The number of carboxylic acid groups (broad SMARTS) is 1. The number of rotatable bonds is 5. The number of ether oxygens (including phenoxy) is 1. The van der Waals surface area contributed by atoms with Gasteiger partial charge in [0.15, 0.2) is 0 Å². The smallest absolute Gasteiger partial charge is 0.303 e. The molecule has 0 saturated carbocycles. The van der Waals surface area contributed by atoms with Crippen molar-refractivity contribution in [2.75, 3.05) is 7.11 Å². The molecular weight excluding hydrogens is 230 g/mol. The number of carbonyl (C=O) groups is 1. The van der Waals surface area contributed by atoms with Gasteiger partial charge in [-0.15, -0.1) is 0 Å². The van der Waals surface area contributed by atoms with Crippen LogP contribution in [0.4, 0.5) is 0 Å². The van der Waals surface area contributed by atoms with Crippen molar-refractivity contribution in [2.24, 2.45) is 7.05 Å². The van der Waals surface area contributed by atoms with Gasteiger partial charge in [0.2, 0.25) is 0 Å². The number of nitrogens with zero attached hydrogens (tertiary/aromatic N) is 1. The number of hydrogen-bond donors (Lipinski definition) is 1. The Labute approximate surface area is 106 Å². The third-order valence-electron chi connectivity index (χ3n) is 3.17. The highest BCUT2D eigenvalue weighted by Crippen LogP contribution is 2.29. The Balaban J connectivity index is 2.35. The summed E-state index contributed by atoms with van der Waals surface area (Å²) in [6, 6.07) is 6.02. The molecule has 1 N–H and O–H groups in total. The van der Waals surface area contributed by atoms with Crippen LogP contribution >= 0.6 is 0 Å². The first-order valence-electron chi connectivity index (χ1n) is 5.96. The van der Waals surface area contributed by atoms with Crippen LogP contribution in [0.25, 0.3) is 10.9 Å². The zero-order chi connectivity index (χ0) is 13.1. The summed E-state index contributed by atoms with van der Waals surface area (Å²) in [5.41, 5.74) is 2.23. The number of methoxy groups -OCH3 is 1. The van der Waals surface area contributed by atoms with Gasteiger partial charge in [-0.05, 0) is 31.0 Å². The number of fused-ring (bicyclic) bond motifs is 1. The van der Waals surface area contributed by atoms with Gasteiger partial charge in [-0.25, -0.2) is 0 Å². The van der Waals surface area contributed by atoms with Crippen LogP contribution in [-0.4, -0.2) is 22.8 Å². The summed E-state index contributed by atoms with van der Waals surface area (Å²) in [6.45, 7) is 0. The SMILES string of the molecule is COc1ccc2c(ccn2C)c1CCCC(=O)O. The summed E-state index contributed by atoms with van der Waals surface area (Å²) in [6.07, 6.45) is 3.54. The first-order valence-corrected chi connectivity index (χ1v) is 5.96. The van der Waals surface area contributed by atoms with E-state index in [9.17, 15) is 4.79 Å². The van der Waals surface area contributed by atoms with Gasteiger partial charge in [-0.3, -0.25) is 4.79 Å². The predicted molar refractivity (Wildman–Crippen MR) is 70.0 cm³/mol. The van der Waals surface area contributed by atoms with E-state index in [0.717, 1.165) is 28.6 Å². The van der Waals surface area contributed by atoms with E-state index in [2.05, 4.69) is 4.57 Å². The molecule has 96 valence electrons. The minimum Gasteiger partial charge on any atom is -0.496 e. The summed E-state index contributed by atoms with van der Waals surface area (Å²) < 4.78 is 7.41. The topological polar surface area (TPSA) is 51.5 Å². The molecule has 0 aliphatic heterocycles. The van der Waals surface area contributed by atoms with E-state index in [1.807, 2.05) is 31.4 Å². The normalized spacial score (nSPS) is 10.8. The molecule has 2 aromatic rings. The number of hydrogen-bond acceptors (Lipinski definition) is 2. The minimum atomic E-state index is -0.755. The maximum atomic E-state index is 10.6. The molecule has 4 heteroatoms. The zero-order valence-corrected chi connectivity index (χ0v) is 10.6. The summed E-state index contributed by atoms with van der Waals surface area (Å²) in [4.78, 5) is 10.6. The Morgan fingerprint density at radius 1 is 1.39 bits per heavy atom. The minimum absolute atomic E-state index is 0.187. The van der Waals surface area contributed by atoms with Gasteiger partial charge in [0.05, 0.1) is 7.11 Å². The summed E-state index contributed by atoms with van der Waals surface area (Å²) in [7, 11) is 3.64. The molecule has 18 heavy (non-hydrogen) atoms. The van der Waals surface area contributed by atoms with E-state index in [-0.39, 0.29) is 6.42 Å². The Bertz CT molecular complexity index is 572. The van der Waals surface area contributed by atoms with Crippen LogP contribution in [0, 0.1) is 0 Å². The van der Waals surface area contributed by atoms with Gasteiger partial charge in [-0.1, -0.05) is 0 Å². The van der Waals surface area contributed by atoms with Crippen LogP contribution in [0.2, 0.25) is 0 Å². The zero-order valence-electron chi connectivity index (χ0n) is 10.6. The van der Waals surface area contributed by atoms with Crippen LogP contribution in [0.15, 0.2) is 24.4 Å². The molecule has 1 aromatic heterocycles. The highest BCUT2D eigenvalue weighted by atomic mass is 16.5. The van der Waals surface area contributed by atoms with Crippen LogP contribution in [0.1, 0.15) is 18.4 Å². The lowest BCUT2D eigenvalue weighted by molar-refractivity contribution is -0.137. The van der Waals surface area contributed by atoms with Crippen molar-refractivity contribution in [3.8, 4) is 5.75 Å². The fraction of sp³-hybridized carbons (Fsp3) is 0.357. The molecule has 0 aliphatic carbocycles. The van der Waals surface area contributed by atoms with Gasteiger partial charge in [0.1, 0.15) is 5.75 Å². The predicted octanol–water partition coefficient (Wildman–Crippen LogP) is 2.59. The standard InChI is InChI=1S/C14H17NO3/c1-15-9-8-10-11(4-3-5-14(16)17)13(18-2)7-6-12(10)15/h6-9H,3-5H2,1-2H3,(H,16,17). The van der Waals surface area contributed by atoms with E-state index < -0.39 is 5.97 Å². The highest BCUT2D eigenvalue weighted by molar-refractivity contribution is 5.86. The molecule has 0 saturated heterocycles. The van der Waals surface area contributed by atoms with E-state index in [4.69, 9.17) is 9.84 Å². The van der Waals surface area contributed by atoms with Crippen molar-refractivity contribution in [3.05, 3.63) is 30.0 Å². The maximum absolute atomic E-state index is 10.6. The second-order valence-corrected chi connectivity index (χ2v) is 4.35. The van der Waals surface area contributed by atoms with Crippen molar-refractivity contribution in [1.29, 1.82) is 0 Å². The summed E-state index contributed by atoms with van der Waals surface area (Å²) in [5, 5.41) is 9.84. The lowest BCUT2D eigenvalue weighted by Gasteiger charge is -2.10. The number of benzene rings is 1. The number of carboxylic acids is 1. The van der Waals surface area contributed by atoms with Gasteiger partial charge in [0, 0.05) is 36.1 Å². The molecule has 0 amide bonds. The summed E-state index contributed by atoms with van der Waals surface area (Å²) >= 11 is 0. The molecule has 0 unspecified atom stereocenters. The Kier molecular flexibility index (Phi) is 3.55. The van der Waals surface area contributed by atoms with E-state index >= 15 is 0 Å². The molecular formula is C14H17NO3. The largest absolute Gasteiger partial charge is 0.496 e. The van der Waals surface area contributed by atoms with Crippen LogP contribution < -0.4 is 4.74 Å². The second kappa shape index (κ2) is 5.12. The lowest BCUT2D eigenvalue weighted by Crippen LogP contribution is -1.98. The van der Waals surface area contributed by atoms with Gasteiger partial charge in [-0.2, -0.15) is 0 Å². The van der Waals surface area contributed by atoms with E-state index in [0.29, 0.717) is 6.42 Å². The van der Waals surface area contributed by atoms with Crippen molar-refractivity contribution < 1.29 is 14.6 Å². The lowest BCUT2D eigenvalue weighted by atomic mass is 10.0. The van der Waals surface area contributed by atoms with Gasteiger partial charge >= 0.3 is 5.97 Å². The van der Waals surface area contributed by atoms with Gasteiger partial charge in [0.25, 0.3) is 0 Å². The van der Waals surface area contributed by atoms with Crippen molar-refractivity contribution >= 4 is 16.9 Å². The molecule has 2 rings (SSSR count). The quantitative estimate of drug-likeness (QED) is 0.883. The Morgan fingerprint density at radius 3 is 2.83 bits per heavy atom. The molecule has 0 spiro atoms. The van der Waals surface area contributed by atoms with Crippen molar-refractivity contribution in [2.45, 2.75) is 19.3 Å². The fourth-order valence-corrected chi connectivity index (χ4v) is 2.26. The van der Waals surface area contributed by atoms with Crippen molar-refractivity contribution in [3.63, 3.8) is 0 Å². The molecule has 1 aromatic carbocycles. The second-order valence-electron chi connectivity index (χ2n) is 4.35.